The van der Waals surface area contributed by atoms with Gasteiger partial charge in [0.1, 0.15) is 3.96 Å². The first kappa shape index (κ1) is 9.40. The summed E-state index contributed by atoms with van der Waals surface area (Å²) < 4.78 is -1.10. The Morgan fingerprint density at radius 1 is 1.18 bits per heavy atom. The Morgan fingerprint density at radius 3 is 2.09 bits per heavy atom. The molecule has 0 bridgehead atoms. The van der Waals surface area contributed by atoms with Crippen LogP contribution in [0.25, 0.3) is 0 Å². The largest absolute Gasteiger partial charge is 0.125 e. The summed E-state index contributed by atoms with van der Waals surface area (Å²) in [5, 5.41) is 0.549. The van der Waals surface area contributed by atoms with Crippen molar-refractivity contribution in [2.45, 2.75) is 3.96 Å². The van der Waals surface area contributed by atoms with Crippen molar-refractivity contribution in [3.05, 3.63) is 34.9 Å². The Hall–Kier alpha value is 0.307. The van der Waals surface area contributed by atoms with Crippen molar-refractivity contribution in [2.24, 2.45) is 0 Å². The van der Waals surface area contributed by atoms with E-state index in [1.54, 1.807) is 12.1 Å². The number of hydrogen-bond donors (Lipinski definition) is 0. The van der Waals surface area contributed by atoms with Gasteiger partial charge in [-0.15, -0.1) is 23.2 Å². The lowest BCUT2D eigenvalue weighted by molar-refractivity contribution is 1.24. The van der Waals surface area contributed by atoms with Crippen LogP contribution in [0.5, 0.6) is 0 Å². The highest BCUT2D eigenvalue weighted by molar-refractivity contribution is 6.64. The van der Waals surface area contributed by atoms with Crippen molar-refractivity contribution >= 4 is 45.0 Å². The van der Waals surface area contributed by atoms with Gasteiger partial charge in [-0.25, -0.2) is 0 Å². The summed E-state index contributed by atoms with van der Waals surface area (Å²) in [7, 11) is 3.14. The fourth-order valence-corrected chi connectivity index (χ4v) is 1.72. The molecule has 0 N–H and O–H groups in total. The van der Waals surface area contributed by atoms with E-state index >= 15 is 0 Å². The fourth-order valence-electron chi connectivity index (χ4n) is 0.716. The van der Waals surface area contributed by atoms with Crippen LogP contribution in [-0.2, 0) is 3.96 Å². The quantitative estimate of drug-likeness (QED) is 0.506. The molecule has 0 aliphatic rings. The highest BCUT2D eigenvalue weighted by Gasteiger charge is 2.21. The molecule has 1 aromatic rings. The highest BCUT2D eigenvalue weighted by Crippen LogP contribution is 2.34. The third-order valence-electron chi connectivity index (χ3n) is 1.21. The maximum Gasteiger partial charge on any atom is 0.125 e. The zero-order valence-corrected chi connectivity index (χ0v) is 8.71. The Balaban J connectivity index is 3.14. The Labute approximate surface area is 83.9 Å². The van der Waals surface area contributed by atoms with Crippen LogP contribution in [0.15, 0.2) is 24.3 Å². The van der Waals surface area contributed by atoms with Crippen molar-refractivity contribution in [3.63, 3.8) is 0 Å². The summed E-state index contributed by atoms with van der Waals surface area (Å²) in [6.07, 6.45) is 0. The van der Waals surface area contributed by atoms with Crippen LogP contribution < -0.4 is 0 Å². The SMILES string of the molecule is [Si]C(Cl)(Cl)c1ccccc1Cl. The van der Waals surface area contributed by atoms with Gasteiger partial charge >= 0.3 is 0 Å². The van der Waals surface area contributed by atoms with Gasteiger partial charge in [-0.05, 0) is 6.07 Å². The predicted molar refractivity (Wildman–Crippen MR) is 50.6 cm³/mol. The van der Waals surface area contributed by atoms with Crippen molar-refractivity contribution < 1.29 is 0 Å². The maximum absolute atomic E-state index is 5.81. The molecule has 0 fully saturated rings. The molecule has 11 heavy (non-hydrogen) atoms. The predicted octanol–water partition coefficient (Wildman–Crippen LogP) is 3.10. The normalized spacial score (nSPS) is 11.6. The monoisotopic (exact) mass is 221 g/mol. The van der Waals surface area contributed by atoms with Gasteiger partial charge in [-0.3, -0.25) is 0 Å². The fraction of sp³-hybridized carbons (Fsp3) is 0.143. The topological polar surface area (TPSA) is 0 Å². The number of rotatable bonds is 1. The molecule has 3 radical (unpaired) electrons. The van der Waals surface area contributed by atoms with Crippen LogP contribution in [0, 0.1) is 0 Å². The van der Waals surface area contributed by atoms with Crippen molar-refractivity contribution in [2.75, 3.05) is 0 Å². The second kappa shape index (κ2) is 3.36. The third-order valence-corrected chi connectivity index (χ3v) is 2.22. The van der Waals surface area contributed by atoms with Gasteiger partial charge in [0.2, 0.25) is 0 Å². The van der Waals surface area contributed by atoms with E-state index in [0.717, 1.165) is 0 Å². The molecule has 0 nitrogen and oxygen atoms in total. The molecule has 0 unspecified atom stereocenters. The first-order valence-electron chi connectivity index (χ1n) is 2.89. The zero-order valence-electron chi connectivity index (χ0n) is 5.44. The van der Waals surface area contributed by atoms with Crippen LogP contribution in [0.4, 0.5) is 0 Å². The molecule has 0 amide bonds. The first-order chi connectivity index (χ1) is 5.02. The maximum atomic E-state index is 5.81. The highest BCUT2D eigenvalue weighted by atomic mass is 35.5. The van der Waals surface area contributed by atoms with Crippen molar-refractivity contribution in [1.29, 1.82) is 0 Å². The van der Waals surface area contributed by atoms with E-state index in [9.17, 15) is 0 Å². The molecule has 0 atom stereocenters. The van der Waals surface area contributed by atoms with Gasteiger partial charge in [0.05, 0.1) is 10.2 Å². The van der Waals surface area contributed by atoms with Gasteiger partial charge in [-0.1, -0.05) is 29.8 Å². The van der Waals surface area contributed by atoms with E-state index in [4.69, 9.17) is 34.8 Å². The lowest BCUT2D eigenvalue weighted by Gasteiger charge is -2.14. The molecule has 4 heteroatoms. The van der Waals surface area contributed by atoms with Gasteiger partial charge in [0, 0.05) is 10.6 Å². The van der Waals surface area contributed by atoms with Crippen molar-refractivity contribution in [3.8, 4) is 0 Å². The smallest absolute Gasteiger partial charge is 0.101 e. The van der Waals surface area contributed by atoms with E-state index in [1.165, 1.54) is 0 Å². The molecule has 0 aliphatic heterocycles. The minimum Gasteiger partial charge on any atom is -0.101 e. The zero-order chi connectivity index (χ0) is 8.48. The number of halogens is 3. The van der Waals surface area contributed by atoms with E-state index < -0.39 is 3.96 Å². The molecule has 0 heterocycles. The average molecular weight is 223 g/mol. The summed E-state index contributed by atoms with van der Waals surface area (Å²) in [5.41, 5.74) is 0.654. The van der Waals surface area contributed by atoms with Crippen molar-refractivity contribution in [1.82, 2.24) is 0 Å². The van der Waals surface area contributed by atoms with E-state index in [-0.39, 0.29) is 0 Å². The van der Waals surface area contributed by atoms with E-state index in [0.29, 0.717) is 10.6 Å². The van der Waals surface area contributed by atoms with Crippen LogP contribution in [0.3, 0.4) is 0 Å². The number of hydrogen-bond acceptors (Lipinski definition) is 0. The number of benzene rings is 1. The van der Waals surface area contributed by atoms with Crippen LogP contribution >= 0.6 is 34.8 Å². The van der Waals surface area contributed by atoms with Gasteiger partial charge in [-0.2, -0.15) is 0 Å². The molecule has 0 saturated heterocycles. The summed E-state index contributed by atoms with van der Waals surface area (Å²) in [4.78, 5) is 0. The van der Waals surface area contributed by atoms with Gasteiger partial charge in [0.15, 0.2) is 0 Å². The summed E-state index contributed by atoms with van der Waals surface area (Å²) in [5.74, 6) is 0. The molecule has 1 aromatic carbocycles. The lowest BCUT2D eigenvalue weighted by Crippen LogP contribution is -2.09. The average Bonchev–Trinajstić information content (AvgIpc) is 1.86. The number of alkyl halides is 2. The van der Waals surface area contributed by atoms with E-state index in [1.807, 2.05) is 12.1 Å². The summed E-state index contributed by atoms with van der Waals surface area (Å²) in [6, 6.07) is 7.13. The second-order valence-electron chi connectivity index (χ2n) is 2.05. The summed E-state index contributed by atoms with van der Waals surface area (Å²) >= 11 is 17.3. The lowest BCUT2D eigenvalue weighted by atomic mass is 10.2. The van der Waals surface area contributed by atoms with Gasteiger partial charge < -0.3 is 0 Å². The Bertz CT molecular complexity index is 254. The standard InChI is InChI=1S/C7H4Cl3Si/c8-6-4-2-1-3-5(6)7(9,10)11/h1-4H. The molecule has 57 valence electrons. The summed E-state index contributed by atoms with van der Waals surface area (Å²) in [6.45, 7) is 0. The molecule has 1 rings (SSSR count). The molecular weight excluding hydrogens is 219 g/mol. The minimum absolute atomic E-state index is 0.549. The Kier molecular flexibility index (Phi) is 2.87. The van der Waals surface area contributed by atoms with Crippen LogP contribution in [-0.4, -0.2) is 10.2 Å². The molecular formula is C7H4Cl3Si. The van der Waals surface area contributed by atoms with Gasteiger partial charge in [0.25, 0.3) is 0 Å². The molecule has 0 aromatic heterocycles. The second-order valence-corrected chi connectivity index (χ2v) is 5.17. The van der Waals surface area contributed by atoms with Crippen LogP contribution in [0.2, 0.25) is 5.02 Å². The molecule has 0 saturated carbocycles. The first-order valence-corrected chi connectivity index (χ1v) is 4.53. The molecule has 0 spiro atoms. The van der Waals surface area contributed by atoms with E-state index in [2.05, 4.69) is 10.2 Å². The molecule has 0 aliphatic carbocycles. The third kappa shape index (κ3) is 2.37. The minimum atomic E-state index is -1.10. The van der Waals surface area contributed by atoms with Crippen LogP contribution in [0.1, 0.15) is 5.56 Å². The Morgan fingerprint density at radius 2 is 1.73 bits per heavy atom.